The molecule has 0 atom stereocenters. The first-order chi connectivity index (χ1) is 9.29. The number of anilines is 2. The van der Waals surface area contributed by atoms with Gasteiger partial charge in [0.25, 0.3) is 10.0 Å². The molecule has 0 unspecified atom stereocenters. The number of pyridine rings is 1. The van der Waals surface area contributed by atoms with Crippen LogP contribution in [0, 0.1) is 12.7 Å². The normalized spacial score (nSPS) is 11.3. The van der Waals surface area contributed by atoms with E-state index in [9.17, 15) is 12.8 Å². The van der Waals surface area contributed by atoms with Gasteiger partial charge in [0.05, 0.1) is 10.6 Å². The number of nitrogens with zero attached hydrogens (tertiary/aromatic N) is 1. The van der Waals surface area contributed by atoms with Crippen LogP contribution in [0.5, 0.6) is 0 Å². The molecule has 2 aromatic rings. The van der Waals surface area contributed by atoms with Crippen LogP contribution in [0.15, 0.2) is 39.8 Å². The van der Waals surface area contributed by atoms with E-state index in [0.29, 0.717) is 0 Å². The zero-order valence-electron chi connectivity index (χ0n) is 10.4. The fourth-order valence-electron chi connectivity index (χ4n) is 1.48. The molecule has 8 heteroatoms. The minimum absolute atomic E-state index is 0.126. The first-order valence-corrected chi connectivity index (χ1v) is 7.77. The predicted octanol–water partition coefficient (Wildman–Crippen LogP) is 2.67. The van der Waals surface area contributed by atoms with Crippen molar-refractivity contribution < 1.29 is 12.8 Å². The van der Waals surface area contributed by atoms with Crippen molar-refractivity contribution in [3.63, 3.8) is 0 Å². The molecule has 1 aromatic heterocycles. The third-order valence-corrected chi connectivity index (χ3v) is 4.75. The molecule has 2 rings (SSSR count). The Labute approximate surface area is 124 Å². The van der Waals surface area contributed by atoms with Gasteiger partial charge in [-0.3, -0.25) is 4.72 Å². The van der Waals surface area contributed by atoms with Gasteiger partial charge in [-0.15, -0.1) is 0 Å². The van der Waals surface area contributed by atoms with Crippen LogP contribution in [-0.4, -0.2) is 13.4 Å². The van der Waals surface area contributed by atoms with E-state index in [1.54, 1.807) is 13.0 Å². The van der Waals surface area contributed by atoms with Crippen molar-refractivity contribution >= 4 is 37.5 Å². The summed E-state index contributed by atoms with van der Waals surface area (Å²) in [5.41, 5.74) is 5.97. The van der Waals surface area contributed by atoms with E-state index in [1.807, 2.05) is 0 Å². The number of rotatable bonds is 3. The Morgan fingerprint density at radius 3 is 2.65 bits per heavy atom. The second kappa shape index (κ2) is 5.37. The molecule has 5 nitrogen and oxygen atoms in total. The number of hydrogen-bond acceptors (Lipinski definition) is 4. The molecule has 20 heavy (non-hydrogen) atoms. The third kappa shape index (κ3) is 3.07. The lowest BCUT2D eigenvalue weighted by Crippen LogP contribution is -2.14. The van der Waals surface area contributed by atoms with Crippen molar-refractivity contribution in [2.75, 3.05) is 10.5 Å². The number of sulfonamides is 1. The SMILES string of the molecule is Cc1cc(NS(=O)(=O)c2ccc(F)c(N)c2)ncc1Br. The van der Waals surface area contributed by atoms with Crippen LogP contribution in [0.25, 0.3) is 0 Å². The first kappa shape index (κ1) is 14.7. The summed E-state index contributed by atoms with van der Waals surface area (Å²) in [6, 6.07) is 4.78. The largest absolute Gasteiger partial charge is 0.396 e. The van der Waals surface area contributed by atoms with E-state index in [-0.39, 0.29) is 16.4 Å². The molecule has 0 radical (unpaired) electrons. The number of aryl methyl sites for hydroxylation is 1. The number of hydrogen-bond donors (Lipinski definition) is 2. The fraction of sp³-hybridized carbons (Fsp3) is 0.0833. The molecule has 0 bridgehead atoms. The van der Waals surface area contributed by atoms with Crippen molar-refractivity contribution in [2.45, 2.75) is 11.8 Å². The fourth-order valence-corrected chi connectivity index (χ4v) is 2.73. The number of halogens is 2. The van der Waals surface area contributed by atoms with Crippen molar-refractivity contribution in [1.82, 2.24) is 4.98 Å². The number of nitrogens with two attached hydrogens (primary N) is 1. The van der Waals surface area contributed by atoms with Crippen LogP contribution in [-0.2, 0) is 10.0 Å². The molecule has 1 heterocycles. The molecule has 0 aliphatic carbocycles. The lowest BCUT2D eigenvalue weighted by atomic mass is 10.3. The highest BCUT2D eigenvalue weighted by molar-refractivity contribution is 9.10. The summed E-state index contributed by atoms with van der Waals surface area (Å²) in [7, 11) is -3.86. The molecule has 0 spiro atoms. The molecule has 0 aliphatic heterocycles. The van der Waals surface area contributed by atoms with Gasteiger partial charge in [0.15, 0.2) is 0 Å². The third-order valence-electron chi connectivity index (χ3n) is 2.56. The van der Waals surface area contributed by atoms with E-state index in [2.05, 4.69) is 25.6 Å². The lowest BCUT2D eigenvalue weighted by molar-refractivity contribution is 0.600. The lowest BCUT2D eigenvalue weighted by Gasteiger charge is -2.09. The van der Waals surface area contributed by atoms with Gasteiger partial charge in [-0.1, -0.05) is 0 Å². The molecular weight excluding hydrogens is 349 g/mol. The van der Waals surface area contributed by atoms with Gasteiger partial charge >= 0.3 is 0 Å². The Morgan fingerprint density at radius 1 is 1.35 bits per heavy atom. The maximum absolute atomic E-state index is 13.1. The molecule has 0 fully saturated rings. The highest BCUT2D eigenvalue weighted by Gasteiger charge is 2.16. The maximum Gasteiger partial charge on any atom is 0.263 e. The van der Waals surface area contributed by atoms with Gasteiger partial charge in [-0.25, -0.2) is 17.8 Å². The molecule has 0 amide bonds. The highest BCUT2D eigenvalue weighted by Crippen LogP contribution is 2.21. The van der Waals surface area contributed by atoms with Gasteiger partial charge < -0.3 is 5.73 Å². The van der Waals surface area contributed by atoms with E-state index in [0.717, 1.165) is 28.2 Å². The Morgan fingerprint density at radius 2 is 2.05 bits per heavy atom. The summed E-state index contributed by atoms with van der Waals surface area (Å²) >= 11 is 3.27. The smallest absolute Gasteiger partial charge is 0.263 e. The van der Waals surface area contributed by atoms with Crippen LogP contribution in [0.2, 0.25) is 0 Å². The molecule has 0 saturated heterocycles. The molecule has 3 N–H and O–H groups in total. The Bertz CT molecular complexity index is 765. The van der Waals surface area contributed by atoms with E-state index in [1.165, 1.54) is 6.20 Å². The second-order valence-corrected chi connectivity index (χ2v) is 6.64. The Balaban J connectivity index is 2.35. The molecule has 1 aromatic carbocycles. The summed E-state index contributed by atoms with van der Waals surface area (Å²) in [5.74, 6) is -0.491. The summed E-state index contributed by atoms with van der Waals surface area (Å²) in [6.07, 6.45) is 1.49. The minimum atomic E-state index is -3.86. The zero-order chi connectivity index (χ0) is 14.9. The van der Waals surface area contributed by atoms with Crippen LogP contribution in [0.4, 0.5) is 15.9 Å². The standard InChI is InChI=1S/C12H11BrFN3O2S/c1-7-4-12(16-6-9(7)13)17-20(18,19)8-2-3-10(14)11(15)5-8/h2-6H,15H2,1H3,(H,16,17). The van der Waals surface area contributed by atoms with Crippen LogP contribution in [0.3, 0.4) is 0 Å². The average molecular weight is 360 g/mol. The van der Waals surface area contributed by atoms with Crippen molar-refractivity contribution in [3.05, 3.63) is 46.3 Å². The summed E-state index contributed by atoms with van der Waals surface area (Å²) in [6.45, 7) is 1.81. The van der Waals surface area contributed by atoms with Crippen molar-refractivity contribution in [2.24, 2.45) is 0 Å². The van der Waals surface area contributed by atoms with Gasteiger partial charge in [0.2, 0.25) is 0 Å². The minimum Gasteiger partial charge on any atom is -0.396 e. The number of aromatic nitrogens is 1. The number of nitrogens with one attached hydrogen (secondary N) is 1. The number of nitrogen functional groups attached to an aromatic ring is 1. The topological polar surface area (TPSA) is 85.1 Å². The van der Waals surface area contributed by atoms with E-state index < -0.39 is 15.8 Å². The van der Waals surface area contributed by atoms with Crippen LogP contribution in [0.1, 0.15) is 5.56 Å². The van der Waals surface area contributed by atoms with E-state index in [4.69, 9.17) is 5.73 Å². The quantitative estimate of drug-likeness (QED) is 0.825. The monoisotopic (exact) mass is 359 g/mol. The molecular formula is C12H11BrFN3O2S. The highest BCUT2D eigenvalue weighted by atomic mass is 79.9. The maximum atomic E-state index is 13.1. The summed E-state index contributed by atoms with van der Waals surface area (Å²) < 4.78 is 40.4. The zero-order valence-corrected chi connectivity index (χ0v) is 12.8. The Kier molecular flexibility index (Phi) is 3.96. The van der Waals surface area contributed by atoms with Gasteiger partial charge in [-0.2, -0.15) is 0 Å². The molecule has 106 valence electrons. The molecule has 0 aliphatic rings. The van der Waals surface area contributed by atoms with Gasteiger partial charge in [0.1, 0.15) is 11.6 Å². The number of benzene rings is 1. The average Bonchev–Trinajstić information content (AvgIpc) is 2.37. The van der Waals surface area contributed by atoms with Gasteiger partial charge in [0, 0.05) is 10.7 Å². The summed E-state index contributed by atoms with van der Waals surface area (Å²) in [4.78, 5) is 3.82. The molecule has 0 saturated carbocycles. The predicted molar refractivity (Wildman–Crippen MR) is 78.3 cm³/mol. The first-order valence-electron chi connectivity index (χ1n) is 5.49. The van der Waals surface area contributed by atoms with Crippen molar-refractivity contribution in [1.29, 1.82) is 0 Å². The van der Waals surface area contributed by atoms with Crippen molar-refractivity contribution in [3.8, 4) is 0 Å². The second-order valence-electron chi connectivity index (χ2n) is 4.11. The van der Waals surface area contributed by atoms with Gasteiger partial charge in [-0.05, 0) is 52.7 Å². The Hall–Kier alpha value is -1.67. The van der Waals surface area contributed by atoms with Crippen LogP contribution < -0.4 is 10.5 Å². The van der Waals surface area contributed by atoms with Crippen LogP contribution >= 0.6 is 15.9 Å². The van der Waals surface area contributed by atoms with E-state index >= 15 is 0 Å². The summed E-state index contributed by atoms with van der Waals surface area (Å²) in [5, 5.41) is 0.